The van der Waals surface area contributed by atoms with Gasteiger partial charge in [-0.3, -0.25) is 20.9 Å². The van der Waals surface area contributed by atoms with E-state index in [2.05, 4.69) is 10.4 Å². The van der Waals surface area contributed by atoms with Gasteiger partial charge in [0.15, 0.2) is 0 Å². The van der Waals surface area contributed by atoms with E-state index >= 15 is 0 Å². The summed E-state index contributed by atoms with van der Waals surface area (Å²) in [5.41, 5.74) is 4.67. The number of aromatic nitrogens is 1. The van der Waals surface area contributed by atoms with Crippen LogP contribution in [0.3, 0.4) is 0 Å². The first-order chi connectivity index (χ1) is 7.61. The smallest absolute Gasteiger partial charge is 0.270 e. The number of non-ortho nitro benzene ring substituents is 1. The predicted molar refractivity (Wildman–Crippen MR) is 60.9 cm³/mol. The zero-order valence-electron chi connectivity index (χ0n) is 8.60. The van der Waals surface area contributed by atoms with Crippen LogP contribution >= 0.6 is 0 Å². The molecule has 0 aliphatic rings. The van der Waals surface area contributed by atoms with Crippen LogP contribution in [0, 0.1) is 17.0 Å². The highest BCUT2D eigenvalue weighted by Gasteiger charge is 2.08. The number of hydrogen-bond donors (Lipinski definition) is 2. The minimum absolute atomic E-state index is 0.0427. The molecular formula is C10H10N4O2. The molecule has 1 aromatic heterocycles. The average Bonchev–Trinajstić information content (AvgIpc) is 2.27. The summed E-state index contributed by atoms with van der Waals surface area (Å²) in [5, 5.41) is 11.3. The average molecular weight is 218 g/mol. The van der Waals surface area contributed by atoms with E-state index in [1.165, 1.54) is 12.1 Å². The molecule has 3 N–H and O–H groups in total. The van der Waals surface area contributed by atoms with Crippen molar-refractivity contribution in [3.8, 4) is 0 Å². The molecule has 6 nitrogen and oxygen atoms in total. The van der Waals surface area contributed by atoms with E-state index in [-0.39, 0.29) is 5.69 Å². The van der Waals surface area contributed by atoms with Crippen LogP contribution in [-0.4, -0.2) is 9.91 Å². The number of hydrogen-bond acceptors (Lipinski definition) is 5. The Morgan fingerprint density at radius 2 is 2.19 bits per heavy atom. The molecule has 2 rings (SSSR count). The summed E-state index contributed by atoms with van der Waals surface area (Å²) in [6, 6.07) is 6.28. The number of nitrogens with two attached hydrogens (primary N) is 1. The molecule has 82 valence electrons. The summed E-state index contributed by atoms with van der Waals surface area (Å²) < 4.78 is 0. The number of anilines is 1. The minimum atomic E-state index is -0.436. The Hall–Kier alpha value is -2.21. The molecule has 0 spiro atoms. The fourth-order valence-electron chi connectivity index (χ4n) is 1.52. The largest absolute Gasteiger partial charge is 0.322 e. The first-order valence-corrected chi connectivity index (χ1v) is 4.64. The van der Waals surface area contributed by atoms with Gasteiger partial charge in [0.2, 0.25) is 0 Å². The number of nitrogen functional groups attached to an aromatic ring is 1. The third-order valence-corrected chi connectivity index (χ3v) is 2.36. The highest BCUT2D eigenvalue weighted by atomic mass is 16.6. The maximum atomic E-state index is 10.6. The second-order valence-electron chi connectivity index (χ2n) is 3.40. The van der Waals surface area contributed by atoms with Gasteiger partial charge < -0.3 is 5.43 Å². The van der Waals surface area contributed by atoms with Crippen LogP contribution in [0.4, 0.5) is 11.4 Å². The molecule has 0 unspecified atom stereocenters. The lowest BCUT2D eigenvalue weighted by atomic mass is 10.1. The topological polar surface area (TPSA) is 94.1 Å². The van der Waals surface area contributed by atoms with Crippen LogP contribution in [0.2, 0.25) is 0 Å². The lowest BCUT2D eigenvalue weighted by molar-refractivity contribution is -0.384. The molecule has 0 saturated carbocycles. The van der Waals surface area contributed by atoms with E-state index in [9.17, 15) is 10.1 Å². The molecule has 16 heavy (non-hydrogen) atoms. The lowest BCUT2D eigenvalue weighted by Crippen LogP contribution is -2.08. The van der Waals surface area contributed by atoms with Crippen molar-refractivity contribution in [2.45, 2.75) is 6.92 Å². The molecular weight excluding hydrogens is 208 g/mol. The highest BCUT2D eigenvalue weighted by Crippen LogP contribution is 2.23. The Morgan fingerprint density at radius 3 is 2.81 bits per heavy atom. The minimum Gasteiger partial charge on any atom is -0.322 e. The van der Waals surface area contributed by atoms with Crippen LogP contribution < -0.4 is 11.3 Å². The van der Waals surface area contributed by atoms with Crippen molar-refractivity contribution in [3.05, 3.63) is 40.1 Å². The van der Waals surface area contributed by atoms with Crippen molar-refractivity contribution < 1.29 is 4.92 Å². The van der Waals surface area contributed by atoms with E-state index in [1.54, 1.807) is 12.1 Å². The van der Waals surface area contributed by atoms with E-state index in [0.29, 0.717) is 16.6 Å². The van der Waals surface area contributed by atoms with Crippen molar-refractivity contribution >= 4 is 22.3 Å². The lowest BCUT2D eigenvalue weighted by Gasteiger charge is -2.05. The van der Waals surface area contributed by atoms with Gasteiger partial charge in [-0.05, 0) is 19.1 Å². The summed E-state index contributed by atoms with van der Waals surface area (Å²) in [7, 11) is 0. The highest BCUT2D eigenvalue weighted by molar-refractivity contribution is 5.84. The van der Waals surface area contributed by atoms with Gasteiger partial charge in [0.05, 0.1) is 21.8 Å². The van der Waals surface area contributed by atoms with Gasteiger partial charge in [-0.2, -0.15) is 0 Å². The maximum absolute atomic E-state index is 10.6. The van der Waals surface area contributed by atoms with Gasteiger partial charge in [-0.1, -0.05) is 0 Å². The van der Waals surface area contributed by atoms with Crippen molar-refractivity contribution in [1.82, 2.24) is 4.98 Å². The third-order valence-electron chi connectivity index (χ3n) is 2.36. The molecule has 0 aliphatic carbocycles. The maximum Gasteiger partial charge on any atom is 0.270 e. The van der Waals surface area contributed by atoms with Crippen LogP contribution in [0.1, 0.15) is 5.69 Å². The van der Waals surface area contributed by atoms with Crippen molar-refractivity contribution in [2.24, 2.45) is 5.84 Å². The second kappa shape index (κ2) is 3.74. The number of hydrazine groups is 1. The number of rotatable bonds is 2. The Labute approximate surface area is 91.2 Å². The van der Waals surface area contributed by atoms with Gasteiger partial charge >= 0.3 is 0 Å². The third kappa shape index (κ3) is 1.66. The predicted octanol–water partition coefficient (Wildman–Crippen LogP) is 1.74. The number of benzene rings is 1. The van der Waals surface area contributed by atoms with Crippen molar-refractivity contribution in [2.75, 3.05) is 5.43 Å². The van der Waals surface area contributed by atoms with Gasteiger partial charge in [0, 0.05) is 17.5 Å². The van der Waals surface area contributed by atoms with Gasteiger partial charge in [0.1, 0.15) is 0 Å². The van der Waals surface area contributed by atoms with E-state index in [4.69, 9.17) is 5.84 Å². The number of pyridine rings is 1. The molecule has 0 radical (unpaired) electrons. The van der Waals surface area contributed by atoms with Crippen LogP contribution in [0.15, 0.2) is 24.3 Å². The molecule has 0 aliphatic heterocycles. The first-order valence-electron chi connectivity index (χ1n) is 4.64. The number of fused-ring (bicyclic) bond motifs is 1. The van der Waals surface area contributed by atoms with E-state index in [1.807, 2.05) is 6.92 Å². The van der Waals surface area contributed by atoms with E-state index < -0.39 is 4.92 Å². The first kappa shape index (κ1) is 10.3. The fourth-order valence-corrected chi connectivity index (χ4v) is 1.52. The summed E-state index contributed by atoms with van der Waals surface area (Å²) in [6.45, 7) is 1.82. The number of aryl methyl sites for hydroxylation is 1. The fraction of sp³-hybridized carbons (Fsp3) is 0.100. The zero-order chi connectivity index (χ0) is 11.7. The van der Waals surface area contributed by atoms with Gasteiger partial charge in [-0.15, -0.1) is 0 Å². The molecule has 0 bridgehead atoms. The number of nitrogens with zero attached hydrogens (tertiary/aromatic N) is 2. The summed E-state index contributed by atoms with van der Waals surface area (Å²) in [6.07, 6.45) is 0. The van der Waals surface area contributed by atoms with Crippen LogP contribution in [0.25, 0.3) is 10.9 Å². The molecule has 6 heteroatoms. The van der Waals surface area contributed by atoms with Crippen molar-refractivity contribution in [3.63, 3.8) is 0 Å². The normalized spacial score (nSPS) is 10.4. The van der Waals surface area contributed by atoms with Gasteiger partial charge in [0.25, 0.3) is 5.69 Å². The van der Waals surface area contributed by atoms with E-state index in [0.717, 1.165) is 5.69 Å². The van der Waals surface area contributed by atoms with Crippen molar-refractivity contribution in [1.29, 1.82) is 0 Å². The zero-order valence-corrected chi connectivity index (χ0v) is 8.60. The molecule has 2 aromatic rings. The SMILES string of the molecule is Cc1nc2ccc([N+](=O)[O-])cc2cc1NN. The second-order valence-corrected chi connectivity index (χ2v) is 3.40. The molecule has 0 fully saturated rings. The standard InChI is InChI=1S/C10H10N4O2/c1-6-10(13-11)5-7-4-8(14(15)16)2-3-9(7)12-6/h2-5,13H,11H2,1H3. The summed E-state index contributed by atoms with van der Waals surface area (Å²) >= 11 is 0. The Morgan fingerprint density at radius 1 is 1.44 bits per heavy atom. The summed E-state index contributed by atoms with van der Waals surface area (Å²) in [4.78, 5) is 14.5. The number of nitrogens with one attached hydrogen (secondary N) is 1. The Balaban J connectivity index is 2.68. The molecule has 0 atom stereocenters. The van der Waals surface area contributed by atoms with Crippen LogP contribution in [-0.2, 0) is 0 Å². The van der Waals surface area contributed by atoms with Gasteiger partial charge in [-0.25, -0.2) is 0 Å². The number of nitro groups is 1. The quantitative estimate of drug-likeness (QED) is 0.455. The molecule has 0 amide bonds. The Kier molecular flexibility index (Phi) is 2.41. The Bertz CT molecular complexity index is 568. The molecule has 1 heterocycles. The summed E-state index contributed by atoms with van der Waals surface area (Å²) in [5.74, 6) is 5.32. The van der Waals surface area contributed by atoms with Crippen LogP contribution in [0.5, 0.6) is 0 Å². The number of nitro benzene ring substituents is 1. The monoisotopic (exact) mass is 218 g/mol. The molecule has 0 saturated heterocycles. The molecule has 1 aromatic carbocycles.